The summed E-state index contributed by atoms with van der Waals surface area (Å²) >= 11 is 0. The van der Waals surface area contributed by atoms with Gasteiger partial charge in [0.15, 0.2) is 5.75 Å². The van der Waals surface area contributed by atoms with Gasteiger partial charge in [0.05, 0.1) is 5.92 Å². The maximum atomic E-state index is 13.3. The van der Waals surface area contributed by atoms with Crippen LogP contribution in [0.15, 0.2) is 12.1 Å². The molecule has 2 rings (SSSR count). The van der Waals surface area contributed by atoms with Gasteiger partial charge in [0.25, 0.3) is 5.95 Å². The van der Waals surface area contributed by atoms with Crippen LogP contribution in [0.2, 0.25) is 0 Å². The Morgan fingerprint density at radius 2 is 2.00 bits per heavy atom. The Morgan fingerprint density at radius 1 is 1.32 bits per heavy atom. The average molecular weight is 269 g/mol. The topological polar surface area (TPSA) is 39.2 Å². The summed E-state index contributed by atoms with van der Waals surface area (Å²) in [7, 11) is 0. The average Bonchev–Trinajstić information content (AvgIpc) is 2.42. The summed E-state index contributed by atoms with van der Waals surface area (Å²) in [5, 5.41) is 0. The fourth-order valence-electron chi connectivity index (χ4n) is 2.47. The molecule has 0 unspecified atom stereocenters. The van der Waals surface area contributed by atoms with Gasteiger partial charge in [-0.15, -0.1) is 0 Å². The Bertz CT molecular complexity index is 457. The van der Waals surface area contributed by atoms with Gasteiger partial charge >= 0.3 is 5.97 Å². The minimum atomic E-state index is -1.09. The van der Waals surface area contributed by atoms with E-state index in [1.54, 1.807) is 0 Å². The van der Waals surface area contributed by atoms with Crippen LogP contribution in [0.25, 0.3) is 0 Å². The van der Waals surface area contributed by atoms with E-state index in [9.17, 15) is 13.6 Å². The first-order chi connectivity index (χ1) is 9.10. The first-order valence-electron chi connectivity index (χ1n) is 6.64. The lowest BCUT2D eigenvalue weighted by Gasteiger charge is -2.26. The molecule has 5 heteroatoms. The Balaban J connectivity index is 1.94. The molecule has 0 spiro atoms. The number of esters is 1. The van der Waals surface area contributed by atoms with Crippen LogP contribution < -0.4 is 4.74 Å². The number of ether oxygens (including phenoxy) is 1. The SMILES string of the molecule is CC[C@H]1CC[C@H](C(=O)Oc2ccc(F)nc2F)CC1. The summed E-state index contributed by atoms with van der Waals surface area (Å²) in [6.45, 7) is 2.14. The van der Waals surface area contributed by atoms with Crippen molar-refractivity contribution in [3.63, 3.8) is 0 Å². The van der Waals surface area contributed by atoms with E-state index < -0.39 is 17.9 Å². The zero-order chi connectivity index (χ0) is 13.8. The van der Waals surface area contributed by atoms with Gasteiger partial charge < -0.3 is 4.74 Å². The number of carbonyl (C=O) groups excluding carboxylic acids is 1. The van der Waals surface area contributed by atoms with E-state index in [1.807, 2.05) is 0 Å². The molecule has 0 amide bonds. The fourth-order valence-corrected chi connectivity index (χ4v) is 2.47. The number of halogens is 2. The summed E-state index contributed by atoms with van der Waals surface area (Å²) in [6.07, 6.45) is 4.67. The molecular weight excluding hydrogens is 252 g/mol. The maximum Gasteiger partial charge on any atom is 0.314 e. The highest BCUT2D eigenvalue weighted by atomic mass is 19.1. The lowest BCUT2D eigenvalue weighted by Crippen LogP contribution is -2.25. The van der Waals surface area contributed by atoms with Crippen molar-refractivity contribution >= 4 is 5.97 Å². The standard InChI is InChI=1S/C14H17F2NO2/c1-2-9-3-5-10(6-4-9)14(18)19-11-7-8-12(15)17-13(11)16/h7-10H,2-6H2,1H3/t9-,10-. The van der Waals surface area contributed by atoms with E-state index in [-0.39, 0.29) is 11.7 Å². The van der Waals surface area contributed by atoms with Gasteiger partial charge in [-0.2, -0.15) is 13.8 Å². The minimum absolute atomic E-state index is 0.188. The lowest BCUT2D eigenvalue weighted by atomic mass is 9.81. The highest BCUT2D eigenvalue weighted by Crippen LogP contribution is 2.31. The molecule has 0 saturated heterocycles. The highest BCUT2D eigenvalue weighted by molar-refractivity contribution is 5.75. The number of nitrogens with zero attached hydrogens (tertiary/aromatic N) is 1. The number of aromatic nitrogens is 1. The number of hydrogen-bond donors (Lipinski definition) is 0. The van der Waals surface area contributed by atoms with E-state index in [0.29, 0.717) is 5.92 Å². The van der Waals surface area contributed by atoms with E-state index >= 15 is 0 Å². The maximum absolute atomic E-state index is 13.3. The molecular formula is C14H17F2NO2. The van der Waals surface area contributed by atoms with E-state index in [0.717, 1.165) is 44.2 Å². The van der Waals surface area contributed by atoms with Crippen molar-refractivity contribution in [1.29, 1.82) is 0 Å². The van der Waals surface area contributed by atoms with Crippen molar-refractivity contribution in [2.75, 3.05) is 0 Å². The Morgan fingerprint density at radius 3 is 2.58 bits per heavy atom. The Labute approximate surface area is 111 Å². The van der Waals surface area contributed by atoms with Gasteiger partial charge in [-0.05, 0) is 43.7 Å². The van der Waals surface area contributed by atoms with Gasteiger partial charge in [-0.1, -0.05) is 13.3 Å². The van der Waals surface area contributed by atoms with Crippen molar-refractivity contribution < 1.29 is 18.3 Å². The van der Waals surface area contributed by atoms with Crippen LogP contribution in [0.1, 0.15) is 39.0 Å². The summed E-state index contributed by atoms with van der Waals surface area (Å²) in [4.78, 5) is 14.9. The second-order valence-corrected chi connectivity index (χ2v) is 4.97. The van der Waals surface area contributed by atoms with Gasteiger partial charge in [0.1, 0.15) is 0 Å². The molecule has 0 radical (unpaired) electrons. The third-order valence-electron chi connectivity index (χ3n) is 3.75. The smallest absolute Gasteiger partial charge is 0.314 e. The van der Waals surface area contributed by atoms with E-state index in [4.69, 9.17) is 4.74 Å². The Kier molecular flexibility index (Phi) is 4.45. The van der Waals surface area contributed by atoms with Crippen LogP contribution in [0.3, 0.4) is 0 Å². The van der Waals surface area contributed by atoms with Crippen LogP contribution in [-0.4, -0.2) is 11.0 Å². The van der Waals surface area contributed by atoms with Crippen LogP contribution in [0, 0.1) is 23.7 Å². The molecule has 0 aromatic carbocycles. The van der Waals surface area contributed by atoms with Crippen LogP contribution in [0.4, 0.5) is 8.78 Å². The second-order valence-electron chi connectivity index (χ2n) is 4.97. The van der Waals surface area contributed by atoms with E-state index in [2.05, 4.69) is 11.9 Å². The number of rotatable bonds is 3. The molecule has 0 aliphatic heterocycles. The van der Waals surface area contributed by atoms with Gasteiger partial charge in [-0.3, -0.25) is 4.79 Å². The molecule has 1 aromatic heterocycles. The molecule has 1 heterocycles. The molecule has 1 aliphatic rings. The molecule has 0 bridgehead atoms. The summed E-state index contributed by atoms with van der Waals surface area (Å²) in [6, 6.07) is 2.06. The molecule has 1 fully saturated rings. The molecule has 19 heavy (non-hydrogen) atoms. The zero-order valence-electron chi connectivity index (χ0n) is 10.9. The van der Waals surface area contributed by atoms with Crippen molar-refractivity contribution in [1.82, 2.24) is 4.98 Å². The highest BCUT2D eigenvalue weighted by Gasteiger charge is 2.27. The first kappa shape index (κ1) is 13.9. The second kappa shape index (κ2) is 6.08. The molecule has 1 saturated carbocycles. The molecule has 3 nitrogen and oxygen atoms in total. The predicted octanol–water partition coefficient (Wildman–Crippen LogP) is 3.48. The van der Waals surface area contributed by atoms with Crippen molar-refractivity contribution in [2.24, 2.45) is 11.8 Å². The number of pyridine rings is 1. The summed E-state index contributed by atoms with van der Waals surface area (Å²) in [5.41, 5.74) is 0. The van der Waals surface area contributed by atoms with Crippen LogP contribution >= 0.6 is 0 Å². The predicted molar refractivity (Wildman–Crippen MR) is 65.5 cm³/mol. The largest absolute Gasteiger partial charge is 0.421 e. The van der Waals surface area contributed by atoms with Crippen LogP contribution in [0.5, 0.6) is 5.75 Å². The molecule has 104 valence electrons. The lowest BCUT2D eigenvalue weighted by molar-refractivity contribution is -0.140. The van der Waals surface area contributed by atoms with Gasteiger partial charge in [0.2, 0.25) is 5.95 Å². The summed E-state index contributed by atoms with van der Waals surface area (Å²) in [5.74, 6) is -2.28. The van der Waals surface area contributed by atoms with Crippen molar-refractivity contribution in [3.8, 4) is 5.75 Å². The summed E-state index contributed by atoms with van der Waals surface area (Å²) < 4.78 is 30.9. The van der Waals surface area contributed by atoms with Crippen molar-refractivity contribution in [3.05, 3.63) is 24.0 Å². The quantitative estimate of drug-likeness (QED) is 0.623. The van der Waals surface area contributed by atoms with Crippen molar-refractivity contribution in [2.45, 2.75) is 39.0 Å². The Hall–Kier alpha value is -1.52. The van der Waals surface area contributed by atoms with Crippen LogP contribution in [-0.2, 0) is 4.79 Å². The third kappa shape index (κ3) is 3.49. The van der Waals surface area contributed by atoms with Gasteiger partial charge in [-0.25, -0.2) is 0 Å². The molecule has 0 N–H and O–H groups in total. The molecule has 0 atom stereocenters. The third-order valence-corrected chi connectivity index (χ3v) is 3.75. The van der Waals surface area contributed by atoms with E-state index in [1.165, 1.54) is 0 Å². The van der Waals surface area contributed by atoms with Gasteiger partial charge in [0, 0.05) is 0 Å². The minimum Gasteiger partial charge on any atom is -0.421 e. The molecule has 1 aliphatic carbocycles. The normalized spacial score (nSPS) is 23.1. The molecule has 1 aromatic rings. The first-order valence-corrected chi connectivity index (χ1v) is 6.64. The zero-order valence-corrected chi connectivity index (χ0v) is 10.9. The number of carbonyl (C=O) groups is 1. The monoisotopic (exact) mass is 269 g/mol. The fraction of sp³-hybridized carbons (Fsp3) is 0.571. The number of hydrogen-bond acceptors (Lipinski definition) is 3.